The first-order valence-electron chi connectivity index (χ1n) is 6.51. The zero-order chi connectivity index (χ0) is 14.5. The second-order valence-corrected chi connectivity index (χ2v) is 8.22. The van der Waals surface area contributed by atoms with Crippen LogP contribution in [0.2, 0.25) is 0 Å². The number of sulfone groups is 1. The quantitative estimate of drug-likeness (QED) is 0.702. The Kier molecular flexibility index (Phi) is 5.76. The van der Waals surface area contributed by atoms with Crippen LogP contribution in [0.25, 0.3) is 0 Å². The minimum absolute atomic E-state index is 0.00942. The molecule has 0 aromatic carbocycles. The van der Waals surface area contributed by atoms with Crippen molar-refractivity contribution in [2.75, 3.05) is 32.5 Å². The molecular formula is C12H24N2O4S. The number of ether oxygens (including phenoxy) is 1. The van der Waals surface area contributed by atoms with Crippen LogP contribution in [0.4, 0.5) is 0 Å². The van der Waals surface area contributed by atoms with Crippen LogP contribution in [0.1, 0.15) is 26.7 Å². The number of nitrogens with one attached hydrogen (secondary N) is 2. The maximum atomic E-state index is 11.6. The highest BCUT2D eigenvalue weighted by atomic mass is 32.2. The number of amides is 1. The first kappa shape index (κ1) is 16.4. The molecular weight excluding hydrogens is 268 g/mol. The van der Waals surface area contributed by atoms with Crippen LogP contribution in [0, 0.1) is 0 Å². The highest BCUT2D eigenvalue weighted by molar-refractivity contribution is 7.92. The molecule has 1 aliphatic rings. The number of carbonyl (C=O) groups is 1. The fourth-order valence-electron chi connectivity index (χ4n) is 1.65. The van der Waals surface area contributed by atoms with Crippen LogP contribution >= 0.6 is 0 Å². The van der Waals surface area contributed by atoms with Gasteiger partial charge < -0.3 is 15.4 Å². The molecule has 19 heavy (non-hydrogen) atoms. The van der Waals surface area contributed by atoms with E-state index in [-0.39, 0.29) is 25.2 Å². The van der Waals surface area contributed by atoms with E-state index >= 15 is 0 Å². The van der Waals surface area contributed by atoms with E-state index < -0.39 is 14.6 Å². The van der Waals surface area contributed by atoms with Gasteiger partial charge in [0.1, 0.15) is 6.61 Å². The number of hydrogen-bond donors (Lipinski definition) is 2. The Morgan fingerprint density at radius 1 is 1.37 bits per heavy atom. The van der Waals surface area contributed by atoms with Gasteiger partial charge in [0.25, 0.3) is 0 Å². The minimum Gasteiger partial charge on any atom is -0.368 e. The molecule has 1 fully saturated rings. The molecule has 0 bridgehead atoms. The van der Waals surface area contributed by atoms with Gasteiger partial charge in [-0.1, -0.05) is 0 Å². The Labute approximate surface area is 115 Å². The predicted molar refractivity (Wildman–Crippen MR) is 73.8 cm³/mol. The van der Waals surface area contributed by atoms with Gasteiger partial charge >= 0.3 is 0 Å². The molecule has 0 radical (unpaired) electrons. The summed E-state index contributed by atoms with van der Waals surface area (Å²) >= 11 is 0. The fraction of sp³-hybridized carbons (Fsp3) is 0.917. The molecule has 1 amide bonds. The SMILES string of the molecule is CC(C)(CNC(=O)COC1CCNCC1)S(C)(=O)=O. The number of rotatable bonds is 6. The molecule has 0 unspecified atom stereocenters. The van der Waals surface area contributed by atoms with Crippen LogP contribution in [0.3, 0.4) is 0 Å². The molecule has 2 N–H and O–H groups in total. The van der Waals surface area contributed by atoms with Gasteiger partial charge in [0.05, 0.1) is 10.9 Å². The van der Waals surface area contributed by atoms with E-state index in [9.17, 15) is 13.2 Å². The molecule has 0 spiro atoms. The largest absolute Gasteiger partial charge is 0.368 e. The summed E-state index contributed by atoms with van der Waals surface area (Å²) in [6, 6.07) is 0. The first-order valence-corrected chi connectivity index (χ1v) is 8.40. The Balaban J connectivity index is 2.28. The Morgan fingerprint density at radius 2 is 1.95 bits per heavy atom. The zero-order valence-corrected chi connectivity index (χ0v) is 12.7. The van der Waals surface area contributed by atoms with Crippen molar-refractivity contribution in [3.63, 3.8) is 0 Å². The molecule has 0 saturated carbocycles. The van der Waals surface area contributed by atoms with Crippen LogP contribution in [0.5, 0.6) is 0 Å². The smallest absolute Gasteiger partial charge is 0.246 e. The zero-order valence-electron chi connectivity index (χ0n) is 11.9. The lowest BCUT2D eigenvalue weighted by Gasteiger charge is -2.24. The Hall–Kier alpha value is -0.660. The van der Waals surface area contributed by atoms with Crippen LogP contribution in [0.15, 0.2) is 0 Å². The van der Waals surface area contributed by atoms with Crippen molar-refractivity contribution in [3.8, 4) is 0 Å². The van der Waals surface area contributed by atoms with Crippen molar-refractivity contribution in [3.05, 3.63) is 0 Å². The number of hydrogen-bond acceptors (Lipinski definition) is 5. The van der Waals surface area contributed by atoms with Crippen molar-refractivity contribution in [2.45, 2.75) is 37.5 Å². The van der Waals surface area contributed by atoms with E-state index in [1.54, 1.807) is 13.8 Å². The second kappa shape index (κ2) is 6.67. The van der Waals surface area contributed by atoms with E-state index in [0.29, 0.717) is 0 Å². The van der Waals surface area contributed by atoms with Crippen molar-refractivity contribution in [1.29, 1.82) is 0 Å². The van der Waals surface area contributed by atoms with E-state index in [4.69, 9.17) is 4.74 Å². The summed E-state index contributed by atoms with van der Waals surface area (Å²) in [5, 5.41) is 5.83. The summed E-state index contributed by atoms with van der Waals surface area (Å²) in [4.78, 5) is 11.6. The Morgan fingerprint density at radius 3 is 2.47 bits per heavy atom. The summed E-state index contributed by atoms with van der Waals surface area (Å²) in [6.45, 7) is 5.10. The van der Waals surface area contributed by atoms with Crippen LogP contribution < -0.4 is 10.6 Å². The third kappa shape index (κ3) is 5.46. The van der Waals surface area contributed by atoms with Crippen LogP contribution in [-0.2, 0) is 19.4 Å². The average Bonchev–Trinajstić information content (AvgIpc) is 2.34. The molecule has 1 aliphatic heterocycles. The number of carbonyl (C=O) groups excluding carboxylic acids is 1. The standard InChI is InChI=1S/C12H24N2O4S/c1-12(2,19(3,16)17)9-14-11(15)8-18-10-4-6-13-7-5-10/h10,13H,4-9H2,1-3H3,(H,14,15). The fourth-order valence-corrected chi connectivity index (χ4v) is 1.98. The van der Waals surface area contributed by atoms with E-state index in [1.807, 2.05) is 0 Å². The highest BCUT2D eigenvalue weighted by Crippen LogP contribution is 2.13. The summed E-state index contributed by atoms with van der Waals surface area (Å²) in [7, 11) is -3.20. The van der Waals surface area contributed by atoms with Gasteiger partial charge in [0.15, 0.2) is 9.84 Å². The van der Waals surface area contributed by atoms with Gasteiger partial charge in [-0.05, 0) is 39.8 Å². The maximum Gasteiger partial charge on any atom is 0.246 e. The molecule has 0 aromatic heterocycles. The third-order valence-corrected chi connectivity index (χ3v) is 5.60. The average molecular weight is 292 g/mol. The predicted octanol–water partition coefficient (Wildman–Crippen LogP) is -0.306. The monoisotopic (exact) mass is 292 g/mol. The van der Waals surface area contributed by atoms with Crippen molar-refractivity contribution < 1.29 is 17.9 Å². The van der Waals surface area contributed by atoms with Gasteiger partial charge in [0, 0.05) is 12.8 Å². The van der Waals surface area contributed by atoms with Crippen molar-refractivity contribution in [1.82, 2.24) is 10.6 Å². The van der Waals surface area contributed by atoms with Crippen molar-refractivity contribution >= 4 is 15.7 Å². The van der Waals surface area contributed by atoms with E-state index in [1.165, 1.54) is 6.26 Å². The van der Waals surface area contributed by atoms with Crippen molar-refractivity contribution in [2.24, 2.45) is 0 Å². The molecule has 6 nitrogen and oxygen atoms in total. The van der Waals surface area contributed by atoms with E-state index in [0.717, 1.165) is 25.9 Å². The molecule has 1 saturated heterocycles. The molecule has 112 valence electrons. The molecule has 1 heterocycles. The maximum absolute atomic E-state index is 11.6. The summed E-state index contributed by atoms with van der Waals surface area (Å²) < 4.78 is 27.5. The summed E-state index contributed by atoms with van der Waals surface area (Å²) in [5.74, 6) is -0.268. The third-order valence-electron chi connectivity index (χ3n) is 3.45. The molecule has 0 aromatic rings. The first-order chi connectivity index (χ1) is 8.72. The molecule has 7 heteroatoms. The van der Waals surface area contributed by atoms with E-state index in [2.05, 4.69) is 10.6 Å². The molecule has 0 atom stereocenters. The van der Waals surface area contributed by atoms with Gasteiger partial charge in [-0.25, -0.2) is 8.42 Å². The summed E-state index contributed by atoms with van der Waals surface area (Å²) in [5.41, 5.74) is 0. The molecule has 0 aliphatic carbocycles. The number of piperidine rings is 1. The Bertz CT molecular complexity index is 400. The normalized spacial score (nSPS) is 18.3. The van der Waals surface area contributed by atoms with Gasteiger partial charge in [-0.15, -0.1) is 0 Å². The lowest BCUT2D eigenvalue weighted by Crippen LogP contribution is -2.45. The second-order valence-electron chi connectivity index (χ2n) is 5.57. The van der Waals surface area contributed by atoms with Gasteiger partial charge in [-0.2, -0.15) is 0 Å². The van der Waals surface area contributed by atoms with Gasteiger partial charge in [-0.3, -0.25) is 4.79 Å². The van der Waals surface area contributed by atoms with Gasteiger partial charge in [0.2, 0.25) is 5.91 Å². The minimum atomic E-state index is -3.20. The highest BCUT2D eigenvalue weighted by Gasteiger charge is 2.30. The summed E-state index contributed by atoms with van der Waals surface area (Å²) in [6.07, 6.45) is 3.10. The lowest BCUT2D eigenvalue weighted by atomic mass is 10.1. The van der Waals surface area contributed by atoms with Crippen LogP contribution in [-0.4, -0.2) is 57.7 Å². The lowest BCUT2D eigenvalue weighted by molar-refractivity contribution is -0.128. The molecule has 1 rings (SSSR count). The topological polar surface area (TPSA) is 84.5 Å².